The minimum Gasteiger partial charge on any atom is -0.379 e. The Balaban J connectivity index is 2.40. The first-order chi connectivity index (χ1) is 7.09. The quantitative estimate of drug-likeness (QED) is 0.805. The summed E-state index contributed by atoms with van der Waals surface area (Å²) in [5.74, 6) is 0.565. The lowest BCUT2D eigenvalue weighted by molar-refractivity contribution is 0.0983. The van der Waals surface area contributed by atoms with Crippen molar-refractivity contribution in [1.82, 2.24) is 0 Å². The summed E-state index contributed by atoms with van der Waals surface area (Å²) in [4.78, 5) is 0. The largest absolute Gasteiger partial charge is 0.379 e. The van der Waals surface area contributed by atoms with Crippen molar-refractivity contribution in [2.24, 2.45) is 11.7 Å². The molecule has 2 heteroatoms. The monoisotopic (exact) mass is 207 g/mol. The van der Waals surface area contributed by atoms with Crippen molar-refractivity contribution >= 4 is 0 Å². The molecular weight excluding hydrogens is 186 g/mol. The Hall–Kier alpha value is -0.860. The van der Waals surface area contributed by atoms with E-state index in [2.05, 4.69) is 45.0 Å². The third kappa shape index (κ3) is 4.45. The molecule has 0 aliphatic heterocycles. The van der Waals surface area contributed by atoms with Crippen molar-refractivity contribution in [3.8, 4) is 0 Å². The number of hydrogen-bond acceptors (Lipinski definition) is 2. The van der Waals surface area contributed by atoms with Crippen molar-refractivity contribution in [2.75, 3.05) is 13.2 Å². The third-order valence-electron chi connectivity index (χ3n) is 2.25. The summed E-state index contributed by atoms with van der Waals surface area (Å²) in [6.07, 6.45) is 0. The highest BCUT2D eigenvalue weighted by Crippen LogP contribution is 2.11. The van der Waals surface area contributed by atoms with E-state index in [1.807, 2.05) is 0 Å². The fourth-order valence-corrected chi connectivity index (χ4v) is 1.34. The molecule has 84 valence electrons. The van der Waals surface area contributed by atoms with Gasteiger partial charge in [-0.2, -0.15) is 0 Å². The molecule has 0 saturated carbocycles. The molecule has 0 heterocycles. The molecule has 0 radical (unpaired) electrons. The maximum absolute atomic E-state index is 6.01. The van der Waals surface area contributed by atoms with Crippen LogP contribution in [-0.4, -0.2) is 13.2 Å². The van der Waals surface area contributed by atoms with Gasteiger partial charge in [-0.15, -0.1) is 0 Å². The maximum atomic E-state index is 6.01. The number of rotatable bonds is 5. The summed E-state index contributed by atoms with van der Waals surface area (Å²) in [6, 6.07) is 8.29. The van der Waals surface area contributed by atoms with Crippen LogP contribution in [0, 0.1) is 12.8 Å². The molecule has 0 bridgehead atoms. The molecule has 0 saturated heterocycles. The van der Waals surface area contributed by atoms with Crippen molar-refractivity contribution in [1.29, 1.82) is 0 Å². The van der Waals surface area contributed by atoms with Gasteiger partial charge in [0.15, 0.2) is 0 Å². The van der Waals surface area contributed by atoms with Gasteiger partial charge < -0.3 is 10.5 Å². The summed E-state index contributed by atoms with van der Waals surface area (Å²) in [6.45, 7) is 7.72. The van der Waals surface area contributed by atoms with Gasteiger partial charge in [-0.25, -0.2) is 0 Å². The lowest BCUT2D eigenvalue weighted by Crippen LogP contribution is -2.18. The van der Waals surface area contributed by atoms with Crippen LogP contribution in [0.15, 0.2) is 24.3 Å². The first kappa shape index (κ1) is 12.2. The SMILES string of the molecule is Cc1ccc(C(N)COCC(C)C)cc1. The molecule has 2 nitrogen and oxygen atoms in total. The molecule has 1 aromatic rings. The maximum Gasteiger partial charge on any atom is 0.0659 e. The van der Waals surface area contributed by atoms with E-state index < -0.39 is 0 Å². The number of benzene rings is 1. The van der Waals surface area contributed by atoms with E-state index in [9.17, 15) is 0 Å². The zero-order chi connectivity index (χ0) is 11.3. The van der Waals surface area contributed by atoms with E-state index in [0.29, 0.717) is 12.5 Å². The molecule has 0 aliphatic carbocycles. The van der Waals surface area contributed by atoms with Gasteiger partial charge in [0.1, 0.15) is 0 Å². The van der Waals surface area contributed by atoms with E-state index >= 15 is 0 Å². The molecular formula is C13H21NO. The van der Waals surface area contributed by atoms with Crippen LogP contribution >= 0.6 is 0 Å². The Morgan fingerprint density at radius 2 is 1.73 bits per heavy atom. The Morgan fingerprint density at radius 3 is 2.27 bits per heavy atom. The van der Waals surface area contributed by atoms with E-state index in [0.717, 1.165) is 12.2 Å². The zero-order valence-electron chi connectivity index (χ0n) is 9.86. The van der Waals surface area contributed by atoms with Crippen LogP contribution in [0.25, 0.3) is 0 Å². The summed E-state index contributed by atoms with van der Waals surface area (Å²) in [7, 11) is 0. The molecule has 0 aliphatic rings. The van der Waals surface area contributed by atoms with E-state index in [1.165, 1.54) is 5.56 Å². The van der Waals surface area contributed by atoms with Gasteiger partial charge in [0, 0.05) is 6.61 Å². The van der Waals surface area contributed by atoms with Gasteiger partial charge in [-0.05, 0) is 18.4 Å². The summed E-state index contributed by atoms with van der Waals surface area (Å²) in [5, 5.41) is 0. The number of hydrogen-bond donors (Lipinski definition) is 1. The Labute approximate surface area is 92.4 Å². The number of nitrogens with two attached hydrogens (primary N) is 1. The zero-order valence-corrected chi connectivity index (χ0v) is 9.86. The van der Waals surface area contributed by atoms with Gasteiger partial charge in [-0.3, -0.25) is 0 Å². The molecule has 0 fully saturated rings. The highest BCUT2D eigenvalue weighted by Gasteiger charge is 2.05. The molecule has 1 unspecified atom stereocenters. The standard InChI is InChI=1S/C13H21NO/c1-10(2)8-15-9-13(14)12-6-4-11(3)5-7-12/h4-7,10,13H,8-9,14H2,1-3H3. The Morgan fingerprint density at radius 1 is 1.13 bits per heavy atom. The Kier molecular flexibility index (Phi) is 4.79. The van der Waals surface area contributed by atoms with Gasteiger partial charge in [0.05, 0.1) is 12.6 Å². The summed E-state index contributed by atoms with van der Waals surface area (Å²) in [5.41, 5.74) is 8.41. The summed E-state index contributed by atoms with van der Waals surface area (Å²) >= 11 is 0. The number of aryl methyl sites for hydroxylation is 1. The first-order valence-electron chi connectivity index (χ1n) is 5.49. The molecule has 1 atom stereocenters. The first-order valence-corrected chi connectivity index (χ1v) is 5.49. The molecule has 1 aromatic carbocycles. The second kappa shape index (κ2) is 5.89. The summed E-state index contributed by atoms with van der Waals surface area (Å²) < 4.78 is 5.52. The average molecular weight is 207 g/mol. The van der Waals surface area contributed by atoms with Crippen LogP contribution in [0.1, 0.15) is 31.0 Å². The molecule has 0 aromatic heterocycles. The lowest BCUT2D eigenvalue weighted by Gasteiger charge is -2.13. The number of ether oxygens (including phenoxy) is 1. The second-order valence-electron chi connectivity index (χ2n) is 4.45. The Bertz CT molecular complexity index is 279. The van der Waals surface area contributed by atoms with Crippen LogP contribution in [0.3, 0.4) is 0 Å². The molecule has 1 rings (SSSR count). The molecule has 15 heavy (non-hydrogen) atoms. The predicted molar refractivity (Wildman–Crippen MR) is 63.8 cm³/mol. The van der Waals surface area contributed by atoms with E-state index in [-0.39, 0.29) is 6.04 Å². The van der Waals surface area contributed by atoms with Crippen LogP contribution in [-0.2, 0) is 4.74 Å². The fraction of sp³-hybridized carbons (Fsp3) is 0.538. The van der Waals surface area contributed by atoms with Crippen LogP contribution in [0.5, 0.6) is 0 Å². The average Bonchev–Trinajstić information content (AvgIpc) is 2.18. The van der Waals surface area contributed by atoms with Crippen LogP contribution in [0.4, 0.5) is 0 Å². The highest BCUT2D eigenvalue weighted by atomic mass is 16.5. The van der Waals surface area contributed by atoms with Crippen LogP contribution in [0.2, 0.25) is 0 Å². The normalized spacial score (nSPS) is 13.1. The van der Waals surface area contributed by atoms with Crippen molar-refractivity contribution in [3.63, 3.8) is 0 Å². The van der Waals surface area contributed by atoms with Gasteiger partial charge >= 0.3 is 0 Å². The van der Waals surface area contributed by atoms with Crippen molar-refractivity contribution < 1.29 is 4.74 Å². The van der Waals surface area contributed by atoms with Gasteiger partial charge in [0.2, 0.25) is 0 Å². The topological polar surface area (TPSA) is 35.2 Å². The lowest BCUT2D eigenvalue weighted by atomic mass is 10.1. The van der Waals surface area contributed by atoms with E-state index in [4.69, 9.17) is 10.5 Å². The third-order valence-corrected chi connectivity index (χ3v) is 2.25. The molecule has 0 amide bonds. The minimum absolute atomic E-state index is 0.00986. The predicted octanol–water partition coefficient (Wildman–Crippen LogP) is 2.67. The highest BCUT2D eigenvalue weighted by molar-refractivity contribution is 5.23. The fourth-order valence-electron chi connectivity index (χ4n) is 1.34. The van der Waals surface area contributed by atoms with Gasteiger partial charge in [-0.1, -0.05) is 43.7 Å². The van der Waals surface area contributed by atoms with Crippen molar-refractivity contribution in [2.45, 2.75) is 26.8 Å². The van der Waals surface area contributed by atoms with Gasteiger partial charge in [0.25, 0.3) is 0 Å². The second-order valence-corrected chi connectivity index (χ2v) is 4.45. The van der Waals surface area contributed by atoms with E-state index in [1.54, 1.807) is 0 Å². The smallest absolute Gasteiger partial charge is 0.0659 e. The minimum atomic E-state index is -0.00986. The molecule has 2 N–H and O–H groups in total. The van der Waals surface area contributed by atoms with Crippen LogP contribution < -0.4 is 5.73 Å². The van der Waals surface area contributed by atoms with Crippen molar-refractivity contribution in [3.05, 3.63) is 35.4 Å². The molecule has 0 spiro atoms.